The Morgan fingerprint density at radius 3 is 1.53 bits per heavy atom. The fraction of sp³-hybridized carbons (Fsp3) is 0. The van der Waals surface area contributed by atoms with Gasteiger partial charge in [-0.1, -0.05) is 109 Å². The van der Waals surface area contributed by atoms with Gasteiger partial charge < -0.3 is 13.7 Å². The molecule has 0 N–H and O–H groups in total. The van der Waals surface area contributed by atoms with E-state index in [1.165, 1.54) is 10.8 Å². The minimum atomic E-state index is 0.586. The fourth-order valence-electron chi connectivity index (χ4n) is 8.92. The Kier molecular flexibility index (Phi) is 6.61. The first-order valence-electron chi connectivity index (χ1n) is 18.3. The van der Waals surface area contributed by atoms with Crippen LogP contribution in [0.2, 0.25) is 0 Å². The van der Waals surface area contributed by atoms with E-state index >= 15 is 0 Å². The van der Waals surface area contributed by atoms with E-state index in [2.05, 4.69) is 165 Å². The van der Waals surface area contributed by atoms with Crippen molar-refractivity contribution in [2.75, 3.05) is 0 Å². The Hall–Kier alpha value is -7.86. The second-order valence-corrected chi connectivity index (χ2v) is 13.9. The van der Waals surface area contributed by atoms with Crippen LogP contribution in [0.5, 0.6) is 0 Å². The standard InChI is InChI=1S/C50H29N5/c51-30-33-14-11-26-45-48(33)39-19-3-7-24-43(39)53(45)35-16-9-13-32(29-35)36-21-10-15-34(31-52)50(36)55-44-25-8-4-20-40(44)49-46(27-12-28-47(49)55)54-41-22-5-1-17-37(41)38-18-2-6-23-42(38)54/h1-29H. The third-order valence-corrected chi connectivity index (χ3v) is 11.1. The van der Waals surface area contributed by atoms with Gasteiger partial charge in [0.15, 0.2) is 0 Å². The smallest absolute Gasteiger partial charge is 0.101 e. The summed E-state index contributed by atoms with van der Waals surface area (Å²) in [5.74, 6) is 0. The topological polar surface area (TPSA) is 62.4 Å². The summed E-state index contributed by atoms with van der Waals surface area (Å²) in [7, 11) is 0. The van der Waals surface area contributed by atoms with Crippen molar-refractivity contribution in [2.45, 2.75) is 0 Å². The second-order valence-electron chi connectivity index (χ2n) is 13.9. The lowest BCUT2D eigenvalue weighted by atomic mass is 9.99. The van der Waals surface area contributed by atoms with Crippen molar-refractivity contribution in [2.24, 2.45) is 0 Å². The average molecular weight is 700 g/mol. The summed E-state index contributed by atoms with van der Waals surface area (Å²) in [5.41, 5.74) is 12.4. The maximum atomic E-state index is 10.8. The number of fused-ring (bicyclic) bond motifs is 9. The van der Waals surface area contributed by atoms with E-state index in [0.717, 1.165) is 82.8 Å². The third kappa shape index (κ3) is 4.33. The van der Waals surface area contributed by atoms with Crippen LogP contribution >= 0.6 is 0 Å². The molecule has 3 heterocycles. The zero-order chi connectivity index (χ0) is 36.6. The van der Waals surface area contributed by atoms with Gasteiger partial charge in [-0.05, 0) is 72.3 Å². The van der Waals surface area contributed by atoms with Gasteiger partial charge in [-0.15, -0.1) is 0 Å². The quantitative estimate of drug-likeness (QED) is 0.184. The van der Waals surface area contributed by atoms with Crippen LogP contribution in [0.1, 0.15) is 11.1 Å². The normalized spacial score (nSPS) is 11.6. The lowest BCUT2D eigenvalue weighted by Gasteiger charge is -2.17. The molecule has 11 rings (SSSR count). The molecule has 0 amide bonds. The molecule has 5 nitrogen and oxygen atoms in total. The van der Waals surface area contributed by atoms with Crippen LogP contribution in [0.3, 0.4) is 0 Å². The maximum absolute atomic E-state index is 10.8. The summed E-state index contributed by atoms with van der Waals surface area (Å²) in [5, 5.41) is 27.5. The zero-order valence-corrected chi connectivity index (χ0v) is 29.5. The molecule has 3 aromatic heterocycles. The largest absolute Gasteiger partial charge is 0.309 e. The van der Waals surface area contributed by atoms with Crippen LogP contribution in [0, 0.1) is 22.7 Å². The van der Waals surface area contributed by atoms with Gasteiger partial charge in [0.25, 0.3) is 0 Å². The number of hydrogen-bond acceptors (Lipinski definition) is 2. The SMILES string of the molecule is N#Cc1cccc(-c2cccc(-n3c4ccccc4c4c(C#N)cccc43)c2)c1-n1c2ccccc2c2c(-n3c4ccccc4c4ccccc43)cccc21. The molecule has 0 spiro atoms. The first-order valence-corrected chi connectivity index (χ1v) is 18.3. The second kappa shape index (κ2) is 11.8. The van der Waals surface area contributed by atoms with Crippen LogP contribution in [-0.4, -0.2) is 13.7 Å². The van der Waals surface area contributed by atoms with E-state index in [-0.39, 0.29) is 0 Å². The summed E-state index contributed by atoms with van der Waals surface area (Å²) in [6.07, 6.45) is 0. The highest BCUT2D eigenvalue weighted by Crippen LogP contribution is 2.43. The summed E-state index contributed by atoms with van der Waals surface area (Å²) in [6.45, 7) is 0. The molecule has 55 heavy (non-hydrogen) atoms. The first kappa shape index (κ1) is 30.7. The molecular formula is C50H29N5. The van der Waals surface area contributed by atoms with Gasteiger partial charge in [0, 0.05) is 43.6 Å². The van der Waals surface area contributed by atoms with Crippen LogP contribution in [-0.2, 0) is 0 Å². The summed E-state index contributed by atoms with van der Waals surface area (Å²) >= 11 is 0. The number of hydrogen-bond donors (Lipinski definition) is 0. The van der Waals surface area contributed by atoms with Crippen molar-refractivity contribution in [3.63, 3.8) is 0 Å². The van der Waals surface area contributed by atoms with E-state index in [0.29, 0.717) is 11.1 Å². The Balaban J connectivity index is 1.20. The first-order chi connectivity index (χ1) is 27.2. The molecule has 0 fully saturated rings. The summed E-state index contributed by atoms with van der Waals surface area (Å²) in [4.78, 5) is 0. The van der Waals surface area contributed by atoms with E-state index in [1.807, 2.05) is 36.4 Å². The molecule has 0 radical (unpaired) electrons. The molecule has 0 aliphatic heterocycles. The van der Waals surface area contributed by atoms with Crippen molar-refractivity contribution < 1.29 is 0 Å². The zero-order valence-electron chi connectivity index (χ0n) is 29.5. The molecule has 5 heteroatoms. The molecule has 0 bridgehead atoms. The van der Waals surface area contributed by atoms with Crippen molar-refractivity contribution >= 4 is 65.4 Å². The highest BCUT2D eigenvalue weighted by Gasteiger charge is 2.23. The molecule has 254 valence electrons. The van der Waals surface area contributed by atoms with Crippen LogP contribution in [0.15, 0.2) is 176 Å². The highest BCUT2D eigenvalue weighted by molar-refractivity contribution is 6.17. The minimum absolute atomic E-state index is 0.586. The van der Waals surface area contributed by atoms with Gasteiger partial charge in [-0.2, -0.15) is 10.5 Å². The van der Waals surface area contributed by atoms with Crippen molar-refractivity contribution in [1.29, 1.82) is 10.5 Å². The van der Waals surface area contributed by atoms with Gasteiger partial charge in [0.1, 0.15) is 6.07 Å². The molecule has 0 aliphatic rings. The number of aromatic nitrogens is 3. The molecule has 11 aromatic rings. The van der Waals surface area contributed by atoms with E-state index < -0.39 is 0 Å². The van der Waals surface area contributed by atoms with E-state index in [9.17, 15) is 10.5 Å². The fourth-order valence-corrected chi connectivity index (χ4v) is 8.92. The lowest BCUT2D eigenvalue weighted by Crippen LogP contribution is -2.02. The van der Waals surface area contributed by atoms with E-state index in [4.69, 9.17) is 0 Å². The summed E-state index contributed by atoms with van der Waals surface area (Å²) in [6, 6.07) is 65.9. The van der Waals surface area contributed by atoms with Gasteiger partial charge in [-0.3, -0.25) is 0 Å². The van der Waals surface area contributed by atoms with Gasteiger partial charge in [0.2, 0.25) is 0 Å². The Labute approximate surface area is 316 Å². The predicted octanol–water partition coefficient (Wildman–Crippen LogP) is 12.4. The molecule has 0 unspecified atom stereocenters. The Morgan fingerprint density at radius 1 is 0.364 bits per heavy atom. The van der Waals surface area contributed by atoms with Crippen LogP contribution < -0.4 is 0 Å². The highest BCUT2D eigenvalue weighted by atomic mass is 15.0. The Morgan fingerprint density at radius 2 is 0.855 bits per heavy atom. The number of nitrogens with zero attached hydrogens (tertiary/aromatic N) is 5. The van der Waals surface area contributed by atoms with Crippen molar-refractivity contribution in [1.82, 2.24) is 13.7 Å². The molecule has 0 saturated carbocycles. The molecule has 8 aromatic carbocycles. The van der Waals surface area contributed by atoms with Crippen LogP contribution in [0.25, 0.3) is 93.6 Å². The van der Waals surface area contributed by atoms with E-state index in [1.54, 1.807) is 0 Å². The molecule has 0 atom stereocenters. The minimum Gasteiger partial charge on any atom is -0.309 e. The maximum Gasteiger partial charge on any atom is 0.101 e. The monoisotopic (exact) mass is 699 g/mol. The molecule has 0 aliphatic carbocycles. The number of nitriles is 2. The van der Waals surface area contributed by atoms with Crippen molar-refractivity contribution in [3.8, 4) is 40.3 Å². The van der Waals surface area contributed by atoms with Gasteiger partial charge >= 0.3 is 0 Å². The lowest BCUT2D eigenvalue weighted by molar-refractivity contribution is 1.16. The van der Waals surface area contributed by atoms with Gasteiger partial charge in [-0.25, -0.2) is 0 Å². The van der Waals surface area contributed by atoms with Crippen LogP contribution in [0.4, 0.5) is 0 Å². The molecule has 0 saturated heterocycles. The summed E-state index contributed by atoms with van der Waals surface area (Å²) < 4.78 is 6.90. The number of rotatable bonds is 4. The average Bonchev–Trinajstić information content (AvgIpc) is 3.89. The number of para-hydroxylation sites is 5. The predicted molar refractivity (Wildman–Crippen MR) is 224 cm³/mol. The molecular weight excluding hydrogens is 671 g/mol. The Bertz CT molecular complexity index is 3420. The third-order valence-electron chi connectivity index (χ3n) is 11.1. The van der Waals surface area contributed by atoms with Crippen molar-refractivity contribution in [3.05, 3.63) is 187 Å². The number of benzene rings is 8. The van der Waals surface area contributed by atoms with Gasteiger partial charge in [0.05, 0.1) is 61.7 Å².